The third-order valence-electron chi connectivity index (χ3n) is 6.43. The number of nitriles is 1. The average Bonchev–Trinajstić information content (AvgIpc) is 2.86. The highest BCUT2D eigenvalue weighted by molar-refractivity contribution is 7.89. The first kappa shape index (κ1) is 24.4. The van der Waals surface area contributed by atoms with Crippen molar-refractivity contribution >= 4 is 20.8 Å². The van der Waals surface area contributed by atoms with E-state index in [-0.39, 0.29) is 5.92 Å². The van der Waals surface area contributed by atoms with E-state index in [1.165, 1.54) is 0 Å². The molecule has 3 aromatic rings. The van der Waals surface area contributed by atoms with E-state index in [1.807, 2.05) is 54.6 Å². The van der Waals surface area contributed by atoms with Gasteiger partial charge in [-0.15, -0.1) is 0 Å². The van der Waals surface area contributed by atoms with Gasteiger partial charge in [-0.3, -0.25) is 4.90 Å². The van der Waals surface area contributed by atoms with Gasteiger partial charge in [0.05, 0.1) is 23.1 Å². The van der Waals surface area contributed by atoms with Crippen LogP contribution in [0.3, 0.4) is 0 Å². The third kappa shape index (κ3) is 5.83. The minimum atomic E-state index is -3.65. The second kappa shape index (κ2) is 11.1. The highest BCUT2D eigenvalue weighted by atomic mass is 32.2. The van der Waals surface area contributed by atoms with E-state index in [2.05, 4.69) is 11.0 Å². The zero-order chi connectivity index (χ0) is 24.0. The summed E-state index contributed by atoms with van der Waals surface area (Å²) in [4.78, 5) is 2.69. The molecule has 34 heavy (non-hydrogen) atoms. The number of hydrogen-bond donors (Lipinski definition) is 0. The lowest BCUT2D eigenvalue weighted by Crippen LogP contribution is -2.43. The molecule has 1 aliphatic rings. The highest BCUT2D eigenvalue weighted by Crippen LogP contribution is 2.25. The molecule has 3 aromatic carbocycles. The summed E-state index contributed by atoms with van der Waals surface area (Å²) in [7, 11) is -2.05. The topological polar surface area (TPSA) is 73.6 Å². The van der Waals surface area contributed by atoms with E-state index >= 15 is 0 Å². The second-order valence-corrected chi connectivity index (χ2v) is 10.9. The normalized spacial score (nSPS) is 17.1. The Morgan fingerprint density at radius 3 is 2.71 bits per heavy atom. The molecule has 0 radical (unpaired) electrons. The molecule has 0 spiro atoms. The number of likely N-dealkylation sites (tertiary alicyclic amines) is 1. The van der Waals surface area contributed by atoms with Gasteiger partial charge in [0.25, 0.3) is 0 Å². The lowest BCUT2D eigenvalue weighted by molar-refractivity contribution is 0.135. The summed E-state index contributed by atoms with van der Waals surface area (Å²) in [6.45, 7) is 3.71. The van der Waals surface area contributed by atoms with Crippen LogP contribution in [-0.2, 0) is 21.3 Å². The SMILES string of the molecule is COCCN(CC1CCCN(Cc2cccc(C#N)c2)C1)S(=O)(=O)c1ccc2ccccc2c1. The maximum Gasteiger partial charge on any atom is 0.243 e. The first-order chi connectivity index (χ1) is 16.5. The molecule has 0 amide bonds. The summed E-state index contributed by atoms with van der Waals surface area (Å²) in [5, 5.41) is 11.1. The Bertz CT molecular complexity index is 1270. The zero-order valence-electron chi connectivity index (χ0n) is 19.6. The molecule has 1 heterocycles. The zero-order valence-corrected chi connectivity index (χ0v) is 20.4. The van der Waals surface area contributed by atoms with Crippen LogP contribution < -0.4 is 0 Å². The van der Waals surface area contributed by atoms with E-state index in [0.717, 1.165) is 48.8 Å². The fraction of sp³-hybridized carbons (Fsp3) is 0.370. The van der Waals surface area contributed by atoms with Crippen LogP contribution in [0.1, 0.15) is 24.0 Å². The van der Waals surface area contributed by atoms with Gasteiger partial charge in [-0.05, 0) is 65.9 Å². The lowest BCUT2D eigenvalue weighted by Gasteiger charge is -2.35. The molecule has 0 aliphatic carbocycles. The van der Waals surface area contributed by atoms with Crippen LogP contribution in [0.5, 0.6) is 0 Å². The Balaban J connectivity index is 1.49. The number of ether oxygens (including phenoxy) is 1. The Morgan fingerprint density at radius 1 is 1.09 bits per heavy atom. The van der Waals surface area contributed by atoms with Gasteiger partial charge in [0.2, 0.25) is 10.0 Å². The summed E-state index contributed by atoms with van der Waals surface area (Å²) in [5.74, 6) is 0.236. The predicted octanol–water partition coefficient (Wildman–Crippen LogP) is 4.26. The molecule has 1 saturated heterocycles. The van der Waals surface area contributed by atoms with Crippen LogP contribution in [-0.4, -0.2) is 57.5 Å². The molecule has 0 aromatic heterocycles. The number of rotatable bonds is 9. The molecule has 0 saturated carbocycles. The molecule has 6 nitrogen and oxygen atoms in total. The number of piperidine rings is 1. The van der Waals surface area contributed by atoms with E-state index in [1.54, 1.807) is 23.5 Å². The van der Waals surface area contributed by atoms with Crippen molar-refractivity contribution in [3.8, 4) is 6.07 Å². The standard InChI is InChI=1S/C27H31N3O3S/c1-33-15-14-30(34(31,32)27-12-11-25-9-2-3-10-26(25)17-27)21-24-8-5-13-29(20-24)19-23-7-4-6-22(16-23)18-28/h2-4,6-7,9-12,16-17,24H,5,8,13-15,19-21H2,1H3. The van der Waals surface area contributed by atoms with Crippen LogP contribution >= 0.6 is 0 Å². The van der Waals surface area contributed by atoms with Crippen LogP contribution in [0, 0.1) is 17.2 Å². The molecule has 1 aliphatic heterocycles. The van der Waals surface area contributed by atoms with Gasteiger partial charge < -0.3 is 4.74 Å². The first-order valence-electron chi connectivity index (χ1n) is 11.7. The van der Waals surface area contributed by atoms with Crippen molar-refractivity contribution in [2.75, 3.05) is 39.9 Å². The van der Waals surface area contributed by atoms with E-state index in [9.17, 15) is 13.7 Å². The van der Waals surface area contributed by atoms with Crippen molar-refractivity contribution in [2.24, 2.45) is 5.92 Å². The number of sulfonamides is 1. The minimum absolute atomic E-state index is 0.236. The van der Waals surface area contributed by atoms with E-state index < -0.39 is 10.0 Å². The van der Waals surface area contributed by atoms with Gasteiger partial charge in [-0.1, -0.05) is 42.5 Å². The maximum atomic E-state index is 13.6. The van der Waals surface area contributed by atoms with E-state index in [0.29, 0.717) is 30.2 Å². The number of methoxy groups -OCH3 is 1. The first-order valence-corrected chi connectivity index (χ1v) is 13.1. The van der Waals surface area contributed by atoms with Gasteiger partial charge in [0.1, 0.15) is 0 Å². The van der Waals surface area contributed by atoms with Crippen molar-refractivity contribution in [3.63, 3.8) is 0 Å². The molecule has 1 unspecified atom stereocenters. The molecule has 4 rings (SSSR count). The molecule has 7 heteroatoms. The maximum absolute atomic E-state index is 13.6. The smallest absolute Gasteiger partial charge is 0.243 e. The van der Waals surface area contributed by atoms with Crippen molar-refractivity contribution < 1.29 is 13.2 Å². The number of nitrogens with zero attached hydrogens (tertiary/aromatic N) is 3. The molecular formula is C27H31N3O3S. The van der Waals surface area contributed by atoms with Gasteiger partial charge in [0.15, 0.2) is 0 Å². The monoisotopic (exact) mass is 477 g/mol. The Morgan fingerprint density at radius 2 is 1.91 bits per heavy atom. The predicted molar refractivity (Wildman–Crippen MR) is 134 cm³/mol. The van der Waals surface area contributed by atoms with Gasteiger partial charge in [0, 0.05) is 33.3 Å². The summed E-state index contributed by atoms with van der Waals surface area (Å²) in [6, 6.07) is 23.0. The Hall–Kier alpha value is -2.76. The van der Waals surface area contributed by atoms with Gasteiger partial charge in [-0.2, -0.15) is 9.57 Å². The Kier molecular flexibility index (Phi) is 7.96. The van der Waals surface area contributed by atoms with Crippen LogP contribution in [0.4, 0.5) is 0 Å². The second-order valence-electron chi connectivity index (χ2n) is 8.92. The average molecular weight is 478 g/mol. The number of hydrogen-bond acceptors (Lipinski definition) is 5. The fourth-order valence-electron chi connectivity index (χ4n) is 4.71. The lowest BCUT2D eigenvalue weighted by atomic mass is 9.97. The summed E-state index contributed by atoms with van der Waals surface area (Å²) in [6.07, 6.45) is 2.02. The largest absolute Gasteiger partial charge is 0.383 e. The molecular weight excluding hydrogens is 446 g/mol. The fourth-order valence-corrected chi connectivity index (χ4v) is 6.24. The summed E-state index contributed by atoms with van der Waals surface area (Å²) >= 11 is 0. The summed E-state index contributed by atoms with van der Waals surface area (Å²) in [5.41, 5.74) is 1.78. The molecule has 1 atom stereocenters. The van der Waals surface area contributed by atoms with Gasteiger partial charge >= 0.3 is 0 Å². The Labute approximate surface area is 202 Å². The molecule has 178 valence electrons. The minimum Gasteiger partial charge on any atom is -0.383 e. The molecule has 0 N–H and O–H groups in total. The highest BCUT2D eigenvalue weighted by Gasteiger charge is 2.29. The van der Waals surface area contributed by atoms with Crippen molar-refractivity contribution in [1.29, 1.82) is 5.26 Å². The van der Waals surface area contributed by atoms with Crippen LogP contribution in [0.15, 0.2) is 71.6 Å². The quantitative estimate of drug-likeness (QED) is 0.460. The van der Waals surface area contributed by atoms with Crippen LogP contribution in [0.25, 0.3) is 10.8 Å². The van der Waals surface area contributed by atoms with Crippen LogP contribution in [0.2, 0.25) is 0 Å². The van der Waals surface area contributed by atoms with Gasteiger partial charge in [-0.25, -0.2) is 8.42 Å². The summed E-state index contributed by atoms with van der Waals surface area (Å²) < 4.78 is 34.1. The van der Waals surface area contributed by atoms with E-state index in [4.69, 9.17) is 4.74 Å². The number of fused-ring (bicyclic) bond motifs is 1. The third-order valence-corrected chi connectivity index (χ3v) is 8.29. The molecule has 0 bridgehead atoms. The van der Waals surface area contributed by atoms with Crippen molar-refractivity contribution in [2.45, 2.75) is 24.3 Å². The van der Waals surface area contributed by atoms with Crippen molar-refractivity contribution in [3.05, 3.63) is 77.9 Å². The van der Waals surface area contributed by atoms with Crippen molar-refractivity contribution in [1.82, 2.24) is 9.21 Å². The molecule has 1 fully saturated rings. The number of benzene rings is 3.